The molecular formula is C8H11ClO3Ti. The molecule has 0 unspecified atom stereocenters. The molecule has 1 aromatic rings. The predicted molar refractivity (Wildman–Crippen MR) is 48.5 cm³/mol. The van der Waals surface area contributed by atoms with Gasteiger partial charge in [0, 0.05) is 21.7 Å². The number of phenols is 1. The maximum atomic E-state index is 9.34. The first kappa shape index (κ1) is 15.1. The fourth-order valence-corrected chi connectivity index (χ4v) is 0.832. The van der Waals surface area contributed by atoms with Crippen molar-refractivity contribution in [1.29, 1.82) is 0 Å². The van der Waals surface area contributed by atoms with Crippen LogP contribution in [0, 0.1) is 0 Å². The molecule has 5 heteroatoms. The number of hydrogen-bond acceptors (Lipinski definition) is 3. The third-order valence-electron chi connectivity index (χ3n) is 1.40. The average molecular weight is 238 g/mol. The molecule has 0 aliphatic heterocycles. The quantitative estimate of drug-likeness (QED) is 0.799. The van der Waals surface area contributed by atoms with Crippen LogP contribution >= 0.6 is 12.4 Å². The number of ether oxygens (including phenoxy) is 2. The molecular weight excluding hydrogens is 227 g/mol. The molecule has 72 valence electrons. The normalized spacial score (nSPS) is 7.85. The molecule has 0 aromatic heterocycles. The van der Waals surface area contributed by atoms with E-state index in [0.717, 1.165) is 0 Å². The molecule has 1 rings (SSSR count). The van der Waals surface area contributed by atoms with Crippen LogP contribution in [0.2, 0.25) is 0 Å². The SMILES string of the molecule is COc1cccc(OC)c1O.Cl.[Ti]. The van der Waals surface area contributed by atoms with Crippen LogP contribution in [0.25, 0.3) is 0 Å². The van der Waals surface area contributed by atoms with Gasteiger partial charge in [-0.15, -0.1) is 12.4 Å². The molecule has 0 spiro atoms. The Morgan fingerprint density at radius 1 is 1.08 bits per heavy atom. The summed E-state index contributed by atoms with van der Waals surface area (Å²) in [6.07, 6.45) is 0. The topological polar surface area (TPSA) is 38.7 Å². The van der Waals surface area contributed by atoms with Gasteiger partial charge in [-0.25, -0.2) is 0 Å². The largest absolute Gasteiger partial charge is 0.502 e. The number of methoxy groups -OCH3 is 2. The molecule has 0 aliphatic carbocycles. The van der Waals surface area contributed by atoms with Crippen molar-refractivity contribution in [2.75, 3.05) is 14.2 Å². The number of aromatic hydroxyl groups is 1. The Kier molecular flexibility index (Phi) is 8.22. The molecule has 3 nitrogen and oxygen atoms in total. The van der Waals surface area contributed by atoms with E-state index in [4.69, 9.17) is 9.47 Å². The Labute approximate surface area is 98.3 Å². The van der Waals surface area contributed by atoms with Crippen molar-refractivity contribution < 1.29 is 36.3 Å². The zero-order chi connectivity index (χ0) is 8.27. The number of para-hydroxylation sites is 1. The standard InChI is InChI=1S/C8H10O3.ClH.Ti/c1-10-6-4-3-5-7(11-2)8(6)9;;/h3-5,9H,1-2H3;1H;. The molecule has 13 heavy (non-hydrogen) atoms. The molecule has 0 saturated carbocycles. The summed E-state index contributed by atoms with van der Waals surface area (Å²) in [5, 5.41) is 9.34. The fraction of sp³-hybridized carbons (Fsp3) is 0.250. The maximum absolute atomic E-state index is 9.34. The van der Waals surface area contributed by atoms with Gasteiger partial charge in [-0.2, -0.15) is 0 Å². The van der Waals surface area contributed by atoms with Gasteiger partial charge in [0.1, 0.15) is 0 Å². The monoisotopic (exact) mass is 238 g/mol. The van der Waals surface area contributed by atoms with Gasteiger partial charge in [0.25, 0.3) is 0 Å². The van der Waals surface area contributed by atoms with E-state index in [-0.39, 0.29) is 39.9 Å². The molecule has 1 N–H and O–H groups in total. The molecule has 0 bridgehead atoms. The van der Waals surface area contributed by atoms with Gasteiger partial charge >= 0.3 is 0 Å². The van der Waals surface area contributed by atoms with Crippen molar-refractivity contribution in [3.05, 3.63) is 18.2 Å². The number of rotatable bonds is 2. The van der Waals surface area contributed by atoms with Crippen molar-refractivity contribution in [2.45, 2.75) is 0 Å². The van der Waals surface area contributed by atoms with Crippen LogP contribution in [0.1, 0.15) is 0 Å². The molecule has 0 aliphatic rings. The molecule has 0 fully saturated rings. The Balaban J connectivity index is 0. The van der Waals surface area contributed by atoms with Gasteiger partial charge in [0.05, 0.1) is 14.2 Å². The predicted octanol–water partition coefficient (Wildman–Crippen LogP) is 1.83. The van der Waals surface area contributed by atoms with E-state index in [2.05, 4.69) is 0 Å². The minimum absolute atomic E-state index is 0. The molecule has 0 radical (unpaired) electrons. The van der Waals surface area contributed by atoms with Crippen LogP contribution in [-0.2, 0) is 21.7 Å². The number of benzene rings is 1. The van der Waals surface area contributed by atoms with Gasteiger partial charge in [-0.3, -0.25) is 0 Å². The first-order chi connectivity index (χ1) is 5.29. The van der Waals surface area contributed by atoms with E-state index in [1.54, 1.807) is 18.2 Å². The van der Waals surface area contributed by atoms with E-state index >= 15 is 0 Å². The van der Waals surface area contributed by atoms with Gasteiger partial charge in [-0.05, 0) is 12.1 Å². The van der Waals surface area contributed by atoms with E-state index in [1.165, 1.54) is 14.2 Å². The van der Waals surface area contributed by atoms with E-state index < -0.39 is 0 Å². The van der Waals surface area contributed by atoms with E-state index in [0.29, 0.717) is 11.5 Å². The summed E-state index contributed by atoms with van der Waals surface area (Å²) in [5.74, 6) is 0.881. The third-order valence-corrected chi connectivity index (χ3v) is 1.40. The van der Waals surface area contributed by atoms with Crippen LogP contribution in [0.3, 0.4) is 0 Å². The number of phenolic OH excluding ortho intramolecular Hbond substituents is 1. The first-order valence-corrected chi connectivity index (χ1v) is 3.19. The van der Waals surface area contributed by atoms with Gasteiger partial charge in [0.15, 0.2) is 11.5 Å². The second-order valence-electron chi connectivity index (χ2n) is 2.01. The molecule has 0 heterocycles. The first-order valence-electron chi connectivity index (χ1n) is 3.19. The van der Waals surface area contributed by atoms with Crippen LogP contribution < -0.4 is 9.47 Å². The van der Waals surface area contributed by atoms with Crippen LogP contribution in [0.4, 0.5) is 0 Å². The molecule has 0 amide bonds. The Bertz CT molecular complexity index is 233. The minimum Gasteiger partial charge on any atom is -0.502 e. The summed E-state index contributed by atoms with van der Waals surface area (Å²) in [6.45, 7) is 0. The Morgan fingerprint density at radius 2 is 1.46 bits per heavy atom. The Hall–Kier alpha value is -0.376. The summed E-state index contributed by atoms with van der Waals surface area (Å²) in [6, 6.07) is 5.08. The molecule has 0 saturated heterocycles. The maximum Gasteiger partial charge on any atom is 0.200 e. The smallest absolute Gasteiger partial charge is 0.200 e. The van der Waals surface area contributed by atoms with E-state index in [9.17, 15) is 5.11 Å². The van der Waals surface area contributed by atoms with Gasteiger partial charge in [-0.1, -0.05) is 6.07 Å². The van der Waals surface area contributed by atoms with Gasteiger partial charge in [0.2, 0.25) is 5.75 Å². The molecule has 1 aromatic carbocycles. The second-order valence-corrected chi connectivity index (χ2v) is 2.01. The van der Waals surface area contributed by atoms with Crippen molar-refractivity contribution in [2.24, 2.45) is 0 Å². The average Bonchev–Trinajstić information content (AvgIpc) is 2.05. The minimum atomic E-state index is 0. The summed E-state index contributed by atoms with van der Waals surface area (Å²) < 4.78 is 9.71. The number of halogens is 1. The Morgan fingerprint density at radius 3 is 1.77 bits per heavy atom. The van der Waals surface area contributed by atoms with Crippen LogP contribution in [-0.4, -0.2) is 19.3 Å². The van der Waals surface area contributed by atoms with Gasteiger partial charge < -0.3 is 14.6 Å². The van der Waals surface area contributed by atoms with Crippen molar-refractivity contribution in [3.63, 3.8) is 0 Å². The zero-order valence-corrected chi connectivity index (χ0v) is 9.78. The molecule has 0 atom stereocenters. The summed E-state index contributed by atoms with van der Waals surface area (Å²) in [7, 11) is 2.99. The van der Waals surface area contributed by atoms with E-state index in [1.807, 2.05) is 0 Å². The summed E-state index contributed by atoms with van der Waals surface area (Å²) >= 11 is 0. The van der Waals surface area contributed by atoms with Crippen LogP contribution in [0.5, 0.6) is 17.2 Å². The third kappa shape index (κ3) is 3.47. The van der Waals surface area contributed by atoms with Crippen molar-refractivity contribution in [3.8, 4) is 17.2 Å². The summed E-state index contributed by atoms with van der Waals surface area (Å²) in [5.41, 5.74) is 0. The van der Waals surface area contributed by atoms with Crippen molar-refractivity contribution >= 4 is 12.4 Å². The second kappa shape index (κ2) is 7.07. The zero-order valence-electron chi connectivity index (χ0n) is 7.40. The summed E-state index contributed by atoms with van der Waals surface area (Å²) in [4.78, 5) is 0. The van der Waals surface area contributed by atoms with Crippen molar-refractivity contribution in [1.82, 2.24) is 0 Å². The fourth-order valence-electron chi connectivity index (χ4n) is 0.832. The van der Waals surface area contributed by atoms with Crippen LogP contribution in [0.15, 0.2) is 18.2 Å². The number of hydrogen-bond donors (Lipinski definition) is 1.